The molecule has 120 valence electrons. The maximum absolute atomic E-state index is 12.4. The van der Waals surface area contributed by atoms with Gasteiger partial charge in [0.15, 0.2) is 10.1 Å². The van der Waals surface area contributed by atoms with Gasteiger partial charge in [0.25, 0.3) is 0 Å². The van der Waals surface area contributed by atoms with Gasteiger partial charge in [-0.05, 0) is 24.3 Å². The van der Waals surface area contributed by atoms with Crippen LogP contribution in [0.3, 0.4) is 0 Å². The quantitative estimate of drug-likeness (QED) is 0.555. The third kappa shape index (κ3) is 3.18. The van der Waals surface area contributed by atoms with Crippen LogP contribution in [0.2, 0.25) is 5.02 Å². The Labute approximate surface area is 129 Å². The van der Waals surface area contributed by atoms with Crippen molar-refractivity contribution >= 4 is 21.6 Å². The molecule has 0 radical (unpaired) electrons. The molecule has 11 nitrogen and oxygen atoms in total. The van der Waals surface area contributed by atoms with E-state index in [1.54, 1.807) is 0 Å². The molecule has 22 heavy (non-hydrogen) atoms. The van der Waals surface area contributed by atoms with Crippen molar-refractivity contribution in [1.29, 1.82) is 0 Å². The van der Waals surface area contributed by atoms with Crippen LogP contribution in [0, 0.1) is 20.2 Å². The van der Waals surface area contributed by atoms with E-state index in [4.69, 9.17) is 11.6 Å². The zero-order chi connectivity index (χ0) is 16.5. The van der Waals surface area contributed by atoms with E-state index in [1.807, 2.05) is 0 Å². The van der Waals surface area contributed by atoms with Gasteiger partial charge in [0.1, 0.15) is 13.3 Å². The molecule has 13 heteroatoms. The van der Waals surface area contributed by atoms with Crippen molar-refractivity contribution in [2.45, 2.75) is 4.90 Å². The monoisotopic (exact) mass is 351 g/mol. The van der Waals surface area contributed by atoms with E-state index in [1.165, 1.54) is 24.3 Å². The second-order valence-electron chi connectivity index (χ2n) is 4.32. The first-order valence-electron chi connectivity index (χ1n) is 5.76. The lowest BCUT2D eigenvalue weighted by atomic mass is 10.4. The average Bonchev–Trinajstić information content (AvgIpc) is 2.47. The van der Waals surface area contributed by atoms with Gasteiger partial charge in [-0.2, -0.15) is 0 Å². The molecule has 2 rings (SSSR count). The van der Waals surface area contributed by atoms with Gasteiger partial charge in [-0.1, -0.05) is 21.6 Å². The lowest BCUT2D eigenvalue weighted by Gasteiger charge is -2.32. The fraction of sp³-hybridized carbons (Fsp3) is 0.333. The van der Waals surface area contributed by atoms with Gasteiger partial charge >= 0.3 is 0 Å². The summed E-state index contributed by atoms with van der Waals surface area (Å²) < 4.78 is 25.5. The second-order valence-corrected chi connectivity index (χ2v) is 6.70. The zero-order valence-electron chi connectivity index (χ0n) is 10.9. The normalized spacial score (nSPS) is 16.6. The molecule has 1 aromatic carbocycles. The lowest BCUT2D eigenvalue weighted by molar-refractivity contribution is -0.725. The highest BCUT2D eigenvalue weighted by Gasteiger charge is 2.40. The smallest absolute Gasteiger partial charge is 0.235 e. The molecule has 1 fully saturated rings. The molecule has 0 bridgehead atoms. The summed E-state index contributed by atoms with van der Waals surface area (Å²) in [6.07, 6.45) is 0. The molecule has 0 aromatic heterocycles. The first-order chi connectivity index (χ1) is 10.2. The molecular formula is C9H10ClN5O6S. The third-order valence-electron chi connectivity index (χ3n) is 2.88. The van der Waals surface area contributed by atoms with Crippen LogP contribution < -0.4 is 0 Å². The van der Waals surface area contributed by atoms with E-state index in [9.17, 15) is 28.6 Å². The predicted molar refractivity (Wildman–Crippen MR) is 72.7 cm³/mol. The van der Waals surface area contributed by atoms with Crippen LogP contribution >= 0.6 is 11.6 Å². The maximum Gasteiger partial charge on any atom is 0.246 e. The van der Waals surface area contributed by atoms with Crippen LogP contribution in [-0.2, 0) is 10.0 Å². The van der Waals surface area contributed by atoms with Crippen molar-refractivity contribution in [2.24, 2.45) is 0 Å². The van der Waals surface area contributed by atoms with Crippen LogP contribution in [0.4, 0.5) is 0 Å². The highest BCUT2D eigenvalue weighted by molar-refractivity contribution is 7.89. The van der Waals surface area contributed by atoms with Gasteiger partial charge in [-0.3, -0.25) is 0 Å². The van der Waals surface area contributed by atoms with Crippen molar-refractivity contribution in [1.82, 2.24) is 14.3 Å². The Morgan fingerprint density at radius 2 is 1.41 bits per heavy atom. The number of nitrogens with zero attached hydrogens (tertiary/aromatic N) is 5. The summed E-state index contributed by atoms with van der Waals surface area (Å²) in [6, 6.07) is 5.13. The van der Waals surface area contributed by atoms with E-state index in [2.05, 4.69) is 0 Å². The van der Waals surface area contributed by atoms with E-state index >= 15 is 0 Å². The number of hydrogen-bond donors (Lipinski definition) is 0. The Morgan fingerprint density at radius 3 is 1.82 bits per heavy atom. The molecule has 0 saturated carbocycles. The third-order valence-corrected chi connectivity index (χ3v) is 4.91. The highest BCUT2D eigenvalue weighted by atomic mass is 35.5. The Morgan fingerprint density at radius 1 is 0.955 bits per heavy atom. The number of halogens is 1. The first kappa shape index (κ1) is 16.2. The largest absolute Gasteiger partial charge is 0.246 e. The first-order valence-corrected chi connectivity index (χ1v) is 7.58. The molecular weight excluding hydrogens is 342 g/mol. The van der Waals surface area contributed by atoms with Crippen LogP contribution in [0.15, 0.2) is 29.2 Å². The van der Waals surface area contributed by atoms with Gasteiger partial charge < -0.3 is 0 Å². The Hall–Kier alpha value is -2.18. The average molecular weight is 352 g/mol. The van der Waals surface area contributed by atoms with Crippen molar-refractivity contribution in [3.05, 3.63) is 49.5 Å². The summed E-state index contributed by atoms with van der Waals surface area (Å²) in [6.45, 7) is -1.81. The fourth-order valence-electron chi connectivity index (χ4n) is 1.80. The lowest BCUT2D eigenvalue weighted by Crippen LogP contribution is -2.59. The van der Waals surface area contributed by atoms with Gasteiger partial charge in [0, 0.05) is 5.02 Å². The molecule has 0 N–H and O–H groups in total. The fourth-order valence-corrected chi connectivity index (χ4v) is 3.28. The molecule has 0 amide bonds. The van der Waals surface area contributed by atoms with Gasteiger partial charge in [0.05, 0.1) is 4.90 Å². The molecule has 0 atom stereocenters. The Balaban J connectivity index is 2.34. The number of rotatable bonds is 4. The molecule has 1 aromatic rings. The van der Waals surface area contributed by atoms with E-state index in [-0.39, 0.29) is 4.90 Å². The summed E-state index contributed by atoms with van der Waals surface area (Å²) in [5.74, 6) is 0. The molecule has 0 aliphatic carbocycles. The van der Waals surface area contributed by atoms with E-state index in [0.717, 1.165) is 0 Å². The summed E-state index contributed by atoms with van der Waals surface area (Å²) in [5, 5.41) is 21.0. The van der Waals surface area contributed by atoms with Crippen LogP contribution in [0.25, 0.3) is 0 Å². The summed E-state index contributed by atoms with van der Waals surface area (Å²) in [7, 11) is -4.13. The minimum absolute atomic E-state index is 0.162. The van der Waals surface area contributed by atoms with E-state index in [0.29, 0.717) is 19.3 Å². The Bertz CT molecular complexity index is 673. The van der Waals surface area contributed by atoms with Crippen molar-refractivity contribution in [2.75, 3.05) is 20.0 Å². The van der Waals surface area contributed by atoms with Gasteiger partial charge in [-0.15, -0.1) is 4.31 Å². The summed E-state index contributed by atoms with van der Waals surface area (Å²) in [5.41, 5.74) is 0. The van der Waals surface area contributed by atoms with Gasteiger partial charge in [-0.25, -0.2) is 28.6 Å². The number of sulfonamides is 1. The SMILES string of the molecule is O=[N+]([O-])N1CN([N+](=O)[O-])CN(S(=O)(=O)c2ccc(Cl)cc2)C1. The van der Waals surface area contributed by atoms with Crippen LogP contribution in [-0.4, -0.2) is 52.8 Å². The van der Waals surface area contributed by atoms with Crippen molar-refractivity contribution < 1.29 is 18.5 Å². The van der Waals surface area contributed by atoms with Gasteiger partial charge in [0.2, 0.25) is 16.7 Å². The topological polar surface area (TPSA) is 130 Å². The maximum atomic E-state index is 12.4. The standard InChI is InChI=1S/C9H10ClN5O6S/c10-8-1-3-9(4-2-8)22(20,21)13-6-11(14(16)17)5-12(7-13)15(18)19/h1-4H,5-7H2. The summed E-state index contributed by atoms with van der Waals surface area (Å²) in [4.78, 5) is 21.5. The molecule has 1 aliphatic rings. The predicted octanol–water partition coefficient (Wildman–Crippen LogP) is 0.204. The zero-order valence-corrected chi connectivity index (χ0v) is 12.5. The molecule has 1 heterocycles. The molecule has 1 saturated heterocycles. The van der Waals surface area contributed by atoms with Crippen molar-refractivity contribution in [3.8, 4) is 0 Å². The van der Waals surface area contributed by atoms with Crippen LogP contribution in [0.5, 0.6) is 0 Å². The minimum Gasteiger partial charge on any atom is -0.235 e. The number of hydrazine groups is 2. The summed E-state index contributed by atoms with van der Waals surface area (Å²) >= 11 is 5.67. The highest BCUT2D eigenvalue weighted by Crippen LogP contribution is 2.21. The van der Waals surface area contributed by atoms with Crippen LogP contribution in [0.1, 0.15) is 0 Å². The second kappa shape index (κ2) is 5.90. The van der Waals surface area contributed by atoms with E-state index < -0.39 is 40.1 Å². The molecule has 0 unspecified atom stereocenters. The Kier molecular flexibility index (Phi) is 4.35. The number of hydrogen-bond acceptors (Lipinski definition) is 6. The molecule has 0 spiro atoms. The minimum atomic E-state index is -4.13. The number of benzene rings is 1. The molecule has 1 aliphatic heterocycles. The van der Waals surface area contributed by atoms with Crippen molar-refractivity contribution in [3.63, 3.8) is 0 Å². The number of nitro groups is 2.